The summed E-state index contributed by atoms with van der Waals surface area (Å²) in [5.74, 6) is -1.22. The van der Waals surface area contributed by atoms with Gasteiger partial charge in [0, 0.05) is 32.1 Å². The summed E-state index contributed by atoms with van der Waals surface area (Å²) in [6.07, 6.45) is 4.06. The highest BCUT2D eigenvalue weighted by atomic mass is 19.1. The molecule has 2 aromatic carbocycles. The summed E-state index contributed by atoms with van der Waals surface area (Å²) in [5, 5.41) is 0. The number of ether oxygens (including phenoxy) is 1. The Morgan fingerprint density at radius 1 is 0.967 bits per heavy atom. The first-order valence-corrected chi connectivity index (χ1v) is 10.7. The molecule has 1 heterocycles. The molecule has 0 saturated carbocycles. The lowest BCUT2D eigenvalue weighted by Gasteiger charge is -2.22. The largest absolute Gasteiger partial charge is 0.491 e. The molecule has 0 aliphatic carbocycles. The second-order valence-corrected chi connectivity index (χ2v) is 7.69. The fourth-order valence-corrected chi connectivity index (χ4v) is 3.75. The van der Waals surface area contributed by atoms with E-state index in [-0.39, 0.29) is 18.3 Å². The first-order valence-electron chi connectivity index (χ1n) is 10.7. The molecule has 3 rings (SSSR count). The van der Waals surface area contributed by atoms with Crippen LogP contribution in [-0.2, 0) is 11.2 Å². The first kappa shape index (κ1) is 22.2. The molecule has 1 saturated heterocycles. The third-order valence-electron chi connectivity index (χ3n) is 5.41. The number of rotatable bonds is 9. The van der Waals surface area contributed by atoms with Gasteiger partial charge in [-0.1, -0.05) is 30.3 Å². The quantitative estimate of drug-likeness (QED) is 0.572. The maximum atomic E-state index is 13.5. The lowest BCUT2D eigenvalue weighted by Crippen LogP contribution is -2.35. The summed E-state index contributed by atoms with van der Waals surface area (Å²) in [6.45, 7) is 4.73. The van der Waals surface area contributed by atoms with Gasteiger partial charge >= 0.3 is 0 Å². The zero-order chi connectivity index (χ0) is 21.2. The Bertz CT molecular complexity index is 801. The van der Waals surface area contributed by atoms with E-state index in [9.17, 15) is 13.6 Å². The number of carbonyl (C=O) groups is 1. The topological polar surface area (TPSA) is 32.8 Å². The molecular formula is C24H30F2N2O2. The van der Waals surface area contributed by atoms with Gasteiger partial charge < -0.3 is 14.5 Å². The molecule has 0 radical (unpaired) electrons. The van der Waals surface area contributed by atoms with E-state index in [4.69, 9.17) is 4.74 Å². The van der Waals surface area contributed by atoms with Crippen LogP contribution in [0.2, 0.25) is 0 Å². The molecule has 1 aliphatic heterocycles. The predicted octanol–water partition coefficient (Wildman–Crippen LogP) is 4.29. The Morgan fingerprint density at radius 3 is 2.60 bits per heavy atom. The number of carbonyl (C=O) groups excluding carboxylic acids is 1. The molecule has 0 atom stereocenters. The molecular weight excluding hydrogens is 386 g/mol. The van der Waals surface area contributed by atoms with E-state index in [1.807, 2.05) is 11.0 Å². The number of benzene rings is 2. The zero-order valence-electron chi connectivity index (χ0n) is 17.4. The van der Waals surface area contributed by atoms with Gasteiger partial charge in [-0.3, -0.25) is 4.79 Å². The van der Waals surface area contributed by atoms with Gasteiger partial charge in [-0.15, -0.1) is 0 Å². The Hall–Kier alpha value is -2.47. The van der Waals surface area contributed by atoms with Crippen LogP contribution in [0.4, 0.5) is 8.78 Å². The van der Waals surface area contributed by atoms with Gasteiger partial charge in [-0.2, -0.15) is 0 Å². The van der Waals surface area contributed by atoms with Crippen LogP contribution in [0.1, 0.15) is 31.2 Å². The summed E-state index contributed by atoms with van der Waals surface area (Å²) < 4.78 is 31.8. The number of aryl methyl sites for hydroxylation is 1. The molecule has 0 N–H and O–H groups in total. The summed E-state index contributed by atoms with van der Waals surface area (Å²) >= 11 is 0. The Kier molecular flexibility index (Phi) is 8.63. The third kappa shape index (κ3) is 7.10. The highest BCUT2D eigenvalue weighted by Gasteiger charge is 2.18. The normalized spacial score (nSPS) is 15.1. The Balaban J connectivity index is 1.32. The van der Waals surface area contributed by atoms with Crippen LogP contribution in [0.25, 0.3) is 0 Å². The van der Waals surface area contributed by atoms with Crippen LogP contribution in [0, 0.1) is 11.6 Å². The highest BCUT2D eigenvalue weighted by Crippen LogP contribution is 2.18. The van der Waals surface area contributed by atoms with Crippen molar-refractivity contribution in [1.29, 1.82) is 0 Å². The van der Waals surface area contributed by atoms with Crippen molar-refractivity contribution in [3.05, 3.63) is 65.7 Å². The molecule has 4 nitrogen and oxygen atoms in total. The minimum atomic E-state index is -0.721. The molecule has 162 valence electrons. The maximum Gasteiger partial charge on any atom is 0.222 e. The van der Waals surface area contributed by atoms with Gasteiger partial charge in [0.2, 0.25) is 5.91 Å². The molecule has 30 heavy (non-hydrogen) atoms. The molecule has 0 spiro atoms. The SMILES string of the molecule is O=C(CCCOc1ccc(F)cc1F)N1CCCN(CCCc2ccccc2)CC1. The van der Waals surface area contributed by atoms with E-state index in [1.54, 1.807) is 0 Å². The second-order valence-electron chi connectivity index (χ2n) is 7.69. The molecule has 1 amide bonds. The first-order chi connectivity index (χ1) is 14.6. The summed E-state index contributed by atoms with van der Waals surface area (Å²) in [4.78, 5) is 16.9. The zero-order valence-corrected chi connectivity index (χ0v) is 17.4. The lowest BCUT2D eigenvalue weighted by atomic mass is 10.1. The molecule has 0 bridgehead atoms. The van der Waals surface area contributed by atoms with Gasteiger partial charge in [-0.25, -0.2) is 8.78 Å². The molecule has 6 heteroatoms. The molecule has 2 aromatic rings. The monoisotopic (exact) mass is 416 g/mol. The molecule has 1 fully saturated rings. The van der Waals surface area contributed by atoms with Crippen molar-refractivity contribution in [2.24, 2.45) is 0 Å². The van der Waals surface area contributed by atoms with Crippen LogP contribution in [0.5, 0.6) is 5.75 Å². The number of amides is 1. The van der Waals surface area contributed by atoms with Crippen molar-refractivity contribution in [2.75, 3.05) is 39.3 Å². The number of nitrogens with zero attached hydrogens (tertiary/aromatic N) is 2. The number of hydrogen-bond acceptors (Lipinski definition) is 3. The van der Waals surface area contributed by atoms with Crippen LogP contribution >= 0.6 is 0 Å². The summed E-state index contributed by atoms with van der Waals surface area (Å²) in [6, 6.07) is 13.7. The smallest absolute Gasteiger partial charge is 0.222 e. The lowest BCUT2D eigenvalue weighted by molar-refractivity contribution is -0.131. The van der Waals surface area contributed by atoms with Crippen molar-refractivity contribution >= 4 is 5.91 Å². The van der Waals surface area contributed by atoms with Crippen LogP contribution in [-0.4, -0.2) is 55.0 Å². The molecule has 0 unspecified atom stereocenters. The highest BCUT2D eigenvalue weighted by molar-refractivity contribution is 5.76. The molecule has 0 aromatic heterocycles. The van der Waals surface area contributed by atoms with Crippen molar-refractivity contribution in [3.8, 4) is 5.75 Å². The van der Waals surface area contributed by atoms with Gasteiger partial charge in [0.25, 0.3) is 0 Å². The van der Waals surface area contributed by atoms with Crippen molar-refractivity contribution < 1.29 is 18.3 Å². The van der Waals surface area contributed by atoms with E-state index in [0.29, 0.717) is 12.8 Å². The van der Waals surface area contributed by atoms with Gasteiger partial charge in [-0.05, 0) is 56.5 Å². The summed E-state index contributed by atoms with van der Waals surface area (Å²) in [5.41, 5.74) is 1.37. The maximum absolute atomic E-state index is 13.5. The van der Waals surface area contributed by atoms with Crippen LogP contribution in [0.15, 0.2) is 48.5 Å². The average molecular weight is 417 g/mol. The minimum Gasteiger partial charge on any atom is -0.491 e. The van der Waals surface area contributed by atoms with Crippen LogP contribution in [0.3, 0.4) is 0 Å². The van der Waals surface area contributed by atoms with E-state index < -0.39 is 11.6 Å². The molecule has 1 aliphatic rings. The van der Waals surface area contributed by atoms with E-state index in [0.717, 1.165) is 64.1 Å². The third-order valence-corrected chi connectivity index (χ3v) is 5.41. The van der Waals surface area contributed by atoms with E-state index >= 15 is 0 Å². The predicted molar refractivity (Wildman–Crippen MR) is 113 cm³/mol. The van der Waals surface area contributed by atoms with E-state index in [1.165, 1.54) is 11.6 Å². The number of halogens is 2. The van der Waals surface area contributed by atoms with Gasteiger partial charge in [0.05, 0.1) is 6.61 Å². The van der Waals surface area contributed by atoms with Crippen molar-refractivity contribution in [3.63, 3.8) is 0 Å². The van der Waals surface area contributed by atoms with Crippen molar-refractivity contribution in [2.45, 2.75) is 32.1 Å². The van der Waals surface area contributed by atoms with Gasteiger partial charge in [0.1, 0.15) is 5.82 Å². The Labute approximate surface area is 177 Å². The van der Waals surface area contributed by atoms with E-state index in [2.05, 4.69) is 29.2 Å². The van der Waals surface area contributed by atoms with Crippen molar-refractivity contribution in [1.82, 2.24) is 9.80 Å². The second kappa shape index (κ2) is 11.6. The summed E-state index contributed by atoms with van der Waals surface area (Å²) in [7, 11) is 0. The Morgan fingerprint density at radius 2 is 1.80 bits per heavy atom. The number of hydrogen-bond donors (Lipinski definition) is 0. The fourth-order valence-electron chi connectivity index (χ4n) is 3.75. The average Bonchev–Trinajstić information content (AvgIpc) is 2.99. The standard InChI is InChI=1S/C24H30F2N2O2/c25-21-11-12-23(22(26)19-21)30-18-5-10-24(29)28-15-6-14-27(16-17-28)13-4-9-20-7-2-1-3-8-20/h1-3,7-8,11-12,19H,4-6,9-10,13-18H2. The fraction of sp³-hybridized carbons (Fsp3) is 0.458. The van der Waals surface area contributed by atoms with Gasteiger partial charge in [0.15, 0.2) is 11.6 Å². The minimum absolute atomic E-state index is 0.0183. The van der Waals surface area contributed by atoms with Crippen LogP contribution < -0.4 is 4.74 Å².